The first-order valence-electron chi connectivity index (χ1n) is 5.37. The zero-order valence-corrected chi connectivity index (χ0v) is 9.90. The van der Waals surface area contributed by atoms with Crippen molar-refractivity contribution in [2.75, 3.05) is 12.9 Å². The first-order chi connectivity index (χ1) is 6.08. The predicted molar refractivity (Wildman–Crippen MR) is 59.4 cm³/mol. The van der Waals surface area contributed by atoms with Gasteiger partial charge in [-0.05, 0) is 33.7 Å². The fourth-order valence-corrected chi connectivity index (χ4v) is 2.25. The minimum Gasteiger partial charge on any atom is -0.297 e. The van der Waals surface area contributed by atoms with Gasteiger partial charge in [-0.2, -0.15) is 0 Å². The second kappa shape index (κ2) is 4.65. The molecule has 1 saturated carbocycles. The van der Waals surface area contributed by atoms with Crippen molar-refractivity contribution in [3.8, 4) is 0 Å². The van der Waals surface area contributed by atoms with Crippen LogP contribution in [0.15, 0.2) is 0 Å². The summed E-state index contributed by atoms with van der Waals surface area (Å²) in [5, 5.41) is 0. The van der Waals surface area contributed by atoms with Gasteiger partial charge in [-0.25, -0.2) is 0 Å². The molecule has 1 aliphatic carbocycles. The molecule has 0 aromatic heterocycles. The van der Waals surface area contributed by atoms with Gasteiger partial charge in [0, 0.05) is 17.5 Å². The molecule has 1 rings (SSSR count). The molecule has 0 heterocycles. The standard InChI is InChI=1S/C11H22ClN/c1-11(2,9-12)13(3)10-7-5-4-6-8-10/h10H,4-9H2,1-3H3. The van der Waals surface area contributed by atoms with Crippen LogP contribution in [0.1, 0.15) is 46.0 Å². The van der Waals surface area contributed by atoms with Gasteiger partial charge in [0.15, 0.2) is 0 Å². The van der Waals surface area contributed by atoms with E-state index in [1.807, 2.05) is 0 Å². The van der Waals surface area contributed by atoms with Gasteiger partial charge < -0.3 is 0 Å². The first-order valence-corrected chi connectivity index (χ1v) is 5.90. The van der Waals surface area contributed by atoms with Crippen LogP contribution in [0, 0.1) is 0 Å². The van der Waals surface area contributed by atoms with Gasteiger partial charge in [-0.1, -0.05) is 19.3 Å². The Morgan fingerprint density at radius 3 is 2.23 bits per heavy atom. The van der Waals surface area contributed by atoms with Gasteiger partial charge in [-0.15, -0.1) is 11.6 Å². The Morgan fingerprint density at radius 2 is 1.77 bits per heavy atom. The molecule has 1 nitrogen and oxygen atoms in total. The molecule has 2 heteroatoms. The summed E-state index contributed by atoms with van der Waals surface area (Å²) >= 11 is 5.97. The molecular formula is C11H22ClN. The van der Waals surface area contributed by atoms with Crippen LogP contribution >= 0.6 is 11.6 Å². The Morgan fingerprint density at radius 1 is 1.23 bits per heavy atom. The maximum Gasteiger partial charge on any atom is 0.0402 e. The van der Waals surface area contributed by atoms with Crippen LogP contribution in [0.4, 0.5) is 0 Å². The molecule has 0 aromatic carbocycles. The van der Waals surface area contributed by atoms with Crippen molar-refractivity contribution in [2.24, 2.45) is 0 Å². The predicted octanol–water partition coefficient (Wildman–Crippen LogP) is 3.27. The van der Waals surface area contributed by atoms with E-state index in [-0.39, 0.29) is 5.54 Å². The van der Waals surface area contributed by atoms with Crippen molar-refractivity contribution < 1.29 is 0 Å². The maximum atomic E-state index is 5.97. The molecule has 0 aromatic rings. The van der Waals surface area contributed by atoms with Gasteiger partial charge in [0.2, 0.25) is 0 Å². The number of hydrogen-bond donors (Lipinski definition) is 0. The minimum atomic E-state index is 0.156. The fourth-order valence-electron chi connectivity index (χ4n) is 2.06. The Bertz CT molecular complexity index is 150. The highest BCUT2D eigenvalue weighted by Gasteiger charge is 2.29. The zero-order chi connectivity index (χ0) is 9.90. The van der Waals surface area contributed by atoms with E-state index in [4.69, 9.17) is 11.6 Å². The molecule has 0 bridgehead atoms. The van der Waals surface area contributed by atoms with Crippen LogP contribution in [0.25, 0.3) is 0 Å². The van der Waals surface area contributed by atoms with Crippen LogP contribution in [0.2, 0.25) is 0 Å². The number of nitrogens with zero attached hydrogens (tertiary/aromatic N) is 1. The summed E-state index contributed by atoms with van der Waals surface area (Å²) in [7, 11) is 2.22. The summed E-state index contributed by atoms with van der Waals surface area (Å²) in [6.07, 6.45) is 6.93. The van der Waals surface area contributed by atoms with Crippen molar-refractivity contribution in [3.63, 3.8) is 0 Å². The highest BCUT2D eigenvalue weighted by Crippen LogP contribution is 2.27. The number of alkyl halides is 1. The van der Waals surface area contributed by atoms with Crippen LogP contribution in [-0.4, -0.2) is 29.4 Å². The summed E-state index contributed by atoms with van der Waals surface area (Å²) in [5.74, 6) is 0.722. The quantitative estimate of drug-likeness (QED) is 0.637. The number of hydrogen-bond acceptors (Lipinski definition) is 1. The zero-order valence-electron chi connectivity index (χ0n) is 9.15. The molecular weight excluding hydrogens is 182 g/mol. The number of halogens is 1. The van der Waals surface area contributed by atoms with E-state index < -0.39 is 0 Å². The van der Waals surface area contributed by atoms with Crippen molar-refractivity contribution in [3.05, 3.63) is 0 Å². The number of rotatable bonds is 3. The summed E-state index contributed by atoms with van der Waals surface area (Å²) < 4.78 is 0. The van der Waals surface area contributed by atoms with Crippen LogP contribution < -0.4 is 0 Å². The lowest BCUT2D eigenvalue weighted by Crippen LogP contribution is -2.49. The van der Waals surface area contributed by atoms with Crippen LogP contribution in [0.3, 0.4) is 0 Å². The van der Waals surface area contributed by atoms with Crippen LogP contribution in [-0.2, 0) is 0 Å². The molecule has 0 N–H and O–H groups in total. The fraction of sp³-hybridized carbons (Fsp3) is 1.00. The molecule has 0 radical (unpaired) electrons. The van der Waals surface area contributed by atoms with Crippen molar-refractivity contribution >= 4 is 11.6 Å². The Hall–Kier alpha value is 0.250. The Balaban J connectivity index is 2.49. The molecule has 0 amide bonds. The molecule has 13 heavy (non-hydrogen) atoms. The normalized spacial score (nSPS) is 21.0. The lowest BCUT2D eigenvalue weighted by Gasteiger charge is -2.41. The average molecular weight is 204 g/mol. The third kappa shape index (κ3) is 2.85. The summed E-state index contributed by atoms with van der Waals surface area (Å²) in [4.78, 5) is 2.47. The Labute approximate surface area is 87.4 Å². The summed E-state index contributed by atoms with van der Waals surface area (Å²) in [6, 6.07) is 0.766. The summed E-state index contributed by atoms with van der Waals surface area (Å²) in [6.45, 7) is 4.46. The van der Waals surface area contributed by atoms with Gasteiger partial charge in [0.1, 0.15) is 0 Å². The van der Waals surface area contributed by atoms with Crippen molar-refractivity contribution in [2.45, 2.75) is 57.5 Å². The van der Waals surface area contributed by atoms with E-state index in [1.54, 1.807) is 0 Å². The monoisotopic (exact) mass is 203 g/mol. The van der Waals surface area contributed by atoms with E-state index in [0.29, 0.717) is 0 Å². The third-order valence-corrected chi connectivity index (χ3v) is 4.06. The highest BCUT2D eigenvalue weighted by atomic mass is 35.5. The molecule has 1 fully saturated rings. The summed E-state index contributed by atoms with van der Waals surface area (Å²) in [5.41, 5.74) is 0.156. The smallest absolute Gasteiger partial charge is 0.0402 e. The molecule has 1 aliphatic rings. The third-order valence-electron chi connectivity index (χ3n) is 3.40. The van der Waals surface area contributed by atoms with E-state index in [2.05, 4.69) is 25.8 Å². The second-order valence-electron chi connectivity index (χ2n) is 4.85. The van der Waals surface area contributed by atoms with E-state index in [0.717, 1.165) is 11.9 Å². The van der Waals surface area contributed by atoms with Gasteiger partial charge in [0.05, 0.1) is 0 Å². The highest BCUT2D eigenvalue weighted by molar-refractivity contribution is 6.18. The van der Waals surface area contributed by atoms with E-state index in [1.165, 1.54) is 32.1 Å². The minimum absolute atomic E-state index is 0.156. The van der Waals surface area contributed by atoms with Crippen LogP contribution in [0.5, 0.6) is 0 Å². The van der Waals surface area contributed by atoms with E-state index >= 15 is 0 Å². The van der Waals surface area contributed by atoms with Crippen molar-refractivity contribution in [1.29, 1.82) is 0 Å². The van der Waals surface area contributed by atoms with Gasteiger partial charge >= 0.3 is 0 Å². The lowest BCUT2D eigenvalue weighted by molar-refractivity contribution is 0.0935. The molecule has 0 saturated heterocycles. The van der Waals surface area contributed by atoms with Gasteiger partial charge in [-0.3, -0.25) is 4.90 Å². The molecule has 0 aliphatic heterocycles. The largest absolute Gasteiger partial charge is 0.297 e. The van der Waals surface area contributed by atoms with Crippen molar-refractivity contribution in [1.82, 2.24) is 4.90 Å². The Kier molecular flexibility index (Phi) is 4.06. The maximum absolute atomic E-state index is 5.97. The average Bonchev–Trinajstić information content (AvgIpc) is 2.18. The SMILES string of the molecule is CN(C1CCCCC1)C(C)(C)CCl. The van der Waals surface area contributed by atoms with Gasteiger partial charge in [0.25, 0.3) is 0 Å². The molecule has 0 spiro atoms. The first kappa shape index (κ1) is 11.3. The molecule has 78 valence electrons. The second-order valence-corrected chi connectivity index (χ2v) is 5.12. The molecule has 0 unspecified atom stereocenters. The lowest BCUT2D eigenvalue weighted by atomic mass is 9.91. The topological polar surface area (TPSA) is 3.24 Å². The molecule has 0 atom stereocenters. The van der Waals surface area contributed by atoms with E-state index in [9.17, 15) is 0 Å².